The molecule has 80 valence electrons. The molecule has 3 rings (SSSR count). The zero-order chi connectivity index (χ0) is 9.43. The molecule has 1 heterocycles. The van der Waals surface area contributed by atoms with E-state index in [-0.39, 0.29) is 0 Å². The highest BCUT2D eigenvalue weighted by Crippen LogP contribution is 2.49. The van der Waals surface area contributed by atoms with E-state index in [1.54, 1.807) is 0 Å². The Morgan fingerprint density at radius 2 is 1.79 bits per heavy atom. The minimum atomic E-state index is 0.620. The van der Waals surface area contributed by atoms with Gasteiger partial charge in [0.2, 0.25) is 0 Å². The molecular formula is C13H23N. The van der Waals surface area contributed by atoms with Crippen molar-refractivity contribution in [3.63, 3.8) is 0 Å². The highest BCUT2D eigenvalue weighted by molar-refractivity contribution is 5.05. The highest BCUT2D eigenvalue weighted by atomic mass is 15.0. The van der Waals surface area contributed by atoms with Gasteiger partial charge in [-0.3, -0.25) is 0 Å². The van der Waals surface area contributed by atoms with Gasteiger partial charge < -0.3 is 5.32 Å². The molecule has 1 unspecified atom stereocenters. The molecule has 14 heavy (non-hydrogen) atoms. The first-order valence-electron chi connectivity index (χ1n) is 6.64. The van der Waals surface area contributed by atoms with Gasteiger partial charge in [0.1, 0.15) is 0 Å². The van der Waals surface area contributed by atoms with Crippen LogP contribution in [0, 0.1) is 11.8 Å². The lowest BCUT2D eigenvalue weighted by Crippen LogP contribution is -2.43. The monoisotopic (exact) mass is 193 g/mol. The molecule has 2 saturated carbocycles. The van der Waals surface area contributed by atoms with E-state index in [2.05, 4.69) is 5.32 Å². The van der Waals surface area contributed by atoms with E-state index < -0.39 is 0 Å². The second kappa shape index (κ2) is 3.52. The lowest BCUT2D eigenvalue weighted by molar-refractivity contribution is 0.250. The minimum absolute atomic E-state index is 0.620. The average Bonchev–Trinajstić information content (AvgIpc) is 2.76. The van der Waals surface area contributed by atoms with Crippen molar-refractivity contribution in [1.82, 2.24) is 5.32 Å². The third kappa shape index (κ3) is 1.60. The van der Waals surface area contributed by atoms with Crippen LogP contribution in [0.2, 0.25) is 0 Å². The van der Waals surface area contributed by atoms with Gasteiger partial charge in [-0.1, -0.05) is 25.7 Å². The van der Waals surface area contributed by atoms with E-state index in [4.69, 9.17) is 0 Å². The molecule has 2 aliphatic carbocycles. The molecule has 3 aliphatic rings. The Morgan fingerprint density at radius 3 is 2.36 bits per heavy atom. The van der Waals surface area contributed by atoms with Gasteiger partial charge in [-0.2, -0.15) is 0 Å². The molecule has 1 saturated heterocycles. The Labute approximate surface area is 87.7 Å². The van der Waals surface area contributed by atoms with Crippen LogP contribution in [0.25, 0.3) is 0 Å². The smallest absolute Gasteiger partial charge is 0.0212 e. The molecule has 1 aliphatic heterocycles. The number of hydrogen-bond donors (Lipinski definition) is 1. The summed E-state index contributed by atoms with van der Waals surface area (Å²) in [6.07, 6.45) is 13.5. The summed E-state index contributed by atoms with van der Waals surface area (Å²) in [4.78, 5) is 0. The third-order valence-corrected chi connectivity index (χ3v) is 4.76. The van der Waals surface area contributed by atoms with Gasteiger partial charge in [-0.15, -0.1) is 0 Å². The summed E-state index contributed by atoms with van der Waals surface area (Å²) in [5, 5.41) is 3.86. The van der Waals surface area contributed by atoms with E-state index in [0.717, 1.165) is 11.8 Å². The van der Waals surface area contributed by atoms with Crippen LogP contribution in [0.1, 0.15) is 57.8 Å². The third-order valence-electron chi connectivity index (χ3n) is 4.76. The number of nitrogens with one attached hydrogen (secondary N) is 1. The second-order valence-corrected chi connectivity index (χ2v) is 5.82. The largest absolute Gasteiger partial charge is 0.311 e. The van der Waals surface area contributed by atoms with Gasteiger partial charge in [0.25, 0.3) is 0 Å². The Morgan fingerprint density at radius 1 is 1.00 bits per heavy atom. The Bertz CT molecular complexity index is 195. The molecular weight excluding hydrogens is 170 g/mol. The second-order valence-electron chi connectivity index (χ2n) is 5.82. The maximum atomic E-state index is 3.86. The van der Waals surface area contributed by atoms with Gasteiger partial charge in [0.15, 0.2) is 0 Å². The van der Waals surface area contributed by atoms with Gasteiger partial charge >= 0.3 is 0 Å². The minimum Gasteiger partial charge on any atom is -0.311 e. The van der Waals surface area contributed by atoms with E-state index in [9.17, 15) is 0 Å². The highest BCUT2D eigenvalue weighted by Gasteiger charge is 2.47. The standard InChI is InChI=1S/C13H23N/c1-2-5-11(4-1)10-13(12-6-7-12)8-3-9-14-13/h11-12,14H,1-10H2. The average molecular weight is 193 g/mol. The summed E-state index contributed by atoms with van der Waals surface area (Å²) < 4.78 is 0. The van der Waals surface area contributed by atoms with Crippen LogP contribution in [-0.4, -0.2) is 12.1 Å². The molecule has 0 spiro atoms. The summed E-state index contributed by atoms with van der Waals surface area (Å²) in [5.41, 5.74) is 0.620. The molecule has 0 aromatic rings. The van der Waals surface area contributed by atoms with E-state index in [1.807, 2.05) is 0 Å². The maximum absolute atomic E-state index is 3.86. The van der Waals surface area contributed by atoms with Gasteiger partial charge in [0, 0.05) is 5.54 Å². The van der Waals surface area contributed by atoms with Crippen molar-refractivity contribution >= 4 is 0 Å². The van der Waals surface area contributed by atoms with Crippen LogP contribution in [0.5, 0.6) is 0 Å². The van der Waals surface area contributed by atoms with Crippen molar-refractivity contribution < 1.29 is 0 Å². The van der Waals surface area contributed by atoms with Gasteiger partial charge in [-0.25, -0.2) is 0 Å². The van der Waals surface area contributed by atoms with Crippen molar-refractivity contribution in [2.75, 3.05) is 6.54 Å². The summed E-state index contributed by atoms with van der Waals surface area (Å²) in [6, 6.07) is 0. The first-order valence-corrected chi connectivity index (χ1v) is 6.64. The summed E-state index contributed by atoms with van der Waals surface area (Å²) in [6.45, 7) is 1.29. The first kappa shape index (κ1) is 9.21. The predicted octanol–water partition coefficient (Wildman–Crippen LogP) is 3.10. The van der Waals surface area contributed by atoms with Crippen LogP contribution in [0.3, 0.4) is 0 Å². The molecule has 0 aromatic heterocycles. The lowest BCUT2D eigenvalue weighted by atomic mass is 9.81. The quantitative estimate of drug-likeness (QED) is 0.726. The van der Waals surface area contributed by atoms with Crippen molar-refractivity contribution in [3.8, 4) is 0 Å². The molecule has 0 amide bonds. The van der Waals surface area contributed by atoms with Gasteiger partial charge in [0.05, 0.1) is 0 Å². The Hall–Kier alpha value is -0.0400. The molecule has 1 nitrogen and oxygen atoms in total. The van der Waals surface area contributed by atoms with Crippen LogP contribution >= 0.6 is 0 Å². The lowest BCUT2D eigenvalue weighted by Gasteiger charge is -2.32. The molecule has 0 aromatic carbocycles. The summed E-state index contributed by atoms with van der Waals surface area (Å²) in [5.74, 6) is 2.13. The van der Waals surface area contributed by atoms with Crippen LogP contribution in [-0.2, 0) is 0 Å². The van der Waals surface area contributed by atoms with E-state index >= 15 is 0 Å². The Kier molecular flexibility index (Phi) is 2.31. The summed E-state index contributed by atoms with van der Waals surface area (Å²) in [7, 11) is 0. The van der Waals surface area contributed by atoms with Crippen LogP contribution < -0.4 is 5.32 Å². The fourth-order valence-corrected chi connectivity index (χ4v) is 3.88. The van der Waals surface area contributed by atoms with Crippen molar-refractivity contribution in [3.05, 3.63) is 0 Å². The Balaban J connectivity index is 1.65. The SMILES string of the molecule is C1CCC(CC2(C3CC3)CCCN2)C1. The molecule has 3 fully saturated rings. The zero-order valence-corrected chi connectivity index (χ0v) is 9.23. The van der Waals surface area contributed by atoms with Crippen molar-refractivity contribution in [2.45, 2.75) is 63.3 Å². The van der Waals surface area contributed by atoms with Crippen molar-refractivity contribution in [2.24, 2.45) is 11.8 Å². The fraction of sp³-hybridized carbons (Fsp3) is 1.00. The molecule has 0 radical (unpaired) electrons. The molecule has 0 bridgehead atoms. The number of rotatable bonds is 3. The zero-order valence-electron chi connectivity index (χ0n) is 9.23. The normalized spacial score (nSPS) is 39.4. The van der Waals surface area contributed by atoms with Crippen LogP contribution in [0.4, 0.5) is 0 Å². The van der Waals surface area contributed by atoms with Gasteiger partial charge in [-0.05, 0) is 50.5 Å². The van der Waals surface area contributed by atoms with Crippen molar-refractivity contribution in [1.29, 1.82) is 0 Å². The predicted molar refractivity (Wildman–Crippen MR) is 59.3 cm³/mol. The molecule has 1 atom stereocenters. The van der Waals surface area contributed by atoms with Crippen LogP contribution in [0.15, 0.2) is 0 Å². The number of hydrogen-bond acceptors (Lipinski definition) is 1. The summed E-state index contributed by atoms with van der Waals surface area (Å²) >= 11 is 0. The fourth-order valence-electron chi connectivity index (χ4n) is 3.88. The maximum Gasteiger partial charge on any atom is 0.0212 e. The molecule has 1 heteroatoms. The topological polar surface area (TPSA) is 12.0 Å². The van der Waals surface area contributed by atoms with E-state index in [1.165, 1.54) is 64.3 Å². The first-order chi connectivity index (χ1) is 6.89. The molecule has 1 N–H and O–H groups in total. The van der Waals surface area contributed by atoms with E-state index in [0.29, 0.717) is 5.54 Å².